The first kappa shape index (κ1) is 14.1. The first-order chi connectivity index (χ1) is 10.0. The number of anilines is 1. The second-order valence-electron chi connectivity index (χ2n) is 5.08. The molecule has 0 N–H and O–H groups in total. The van der Waals surface area contributed by atoms with Gasteiger partial charge in [-0.15, -0.1) is 11.3 Å². The molecular formula is C15H14F2N2OS. The van der Waals surface area contributed by atoms with Crippen molar-refractivity contribution in [2.75, 3.05) is 11.4 Å². The molecule has 1 aliphatic rings. The highest BCUT2D eigenvalue weighted by molar-refractivity contribution is 7.09. The zero-order valence-electron chi connectivity index (χ0n) is 11.5. The number of halogens is 2. The fraction of sp³-hybridized carbons (Fsp3) is 0.333. The summed E-state index contributed by atoms with van der Waals surface area (Å²) < 4.78 is 27.3. The van der Waals surface area contributed by atoms with E-state index in [2.05, 4.69) is 4.98 Å². The fourth-order valence-corrected chi connectivity index (χ4v) is 3.25. The Hall–Kier alpha value is -1.82. The molecule has 2 heterocycles. The van der Waals surface area contributed by atoms with Gasteiger partial charge in [0.05, 0.1) is 22.8 Å². The molecule has 3 rings (SSSR count). The normalized spacial score (nSPS) is 14.1. The molecule has 0 saturated heterocycles. The van der Waals surface area contributed by atoms with Crippen molar-refractivity contribution >= 4 is 22.9 Å². The number of rotatable bonds is 2. The maximum absolute atomic E-state index is 14.0. The lowest BCUT2D eigenvalue weighted by atomic mass is 10.0. The molecule has 1 aromatic heterocycles. The molecule has 3 nitrogen and oxygen atoms in total. The molecule has 1 aromatic carbocycles. The van der Waals surface area contributed by atoms with Gasteiger partial charge in [-0.1, -0.05) is 0 Å². The van der Waals surface area contributed by atoms with Crippen molar-refractivity contribution < 1.29 is 13.6 Å². The van der Waals surface area contributed by atoms with Crippen LogP contribution in [0.1, 0.15) is 22.7 Å². The van der Waals surface area contributed by atoms with E-state index in [-0.39, 0.29) is 18.0 Å². The minimum absolute atomic E-state index is 0.139. The first-order valence-electron chi connectivity index (χ1n) is 6.74. The third-order valence-corrected chi connectivity index (χ3v) is 4.33. The van der Waals surface area contributed by atoms with Crippen LogP contribution in [0.3, 0.4) is 0 Å². The van der Waals surface area contributed by atoms with Gasteiger partial charge in [0.2, 0.25) is 5.91 Å². The zero-order valence-corrected chi connectivity index (χ0v) is 12.3. The highest BCUT2D eigenvalue weighted by Gasteiger charge is 2.26. The van der Waals surface area contributed by atoms with Crippen LogP contribution in [0, 0.1) is 18.6 Å². The van der Waals surface area contributed by atoms with E-state index in [1.54, 1.807) is 0 Å². The fourth-order valence-electron chi connectivity index (χ4n) is 2.64. The molecule has 0 unspecified atom stereocenters. The van der Waals surface area contributed by atoms with Gasteiger partial charge in [-0.05, 0) is 31.4 Å². The molecule has 0 atom stereocenters. The molecule has 21 heavy (non-hydrogen) atoms. The van der Waals surface area contributed by atoms with Crippen LogP contribution in [-0.4, -0.2) is 17.4 Å². The molecule has 0 saturated carbocycles. The monoisotopic (exact) mass is 308 g/mol. The number of amides is 1. The minimum Gasteiger partial charge on any atom is -0.309 e. The minimum atomic E-state index is -0.674. The summed E-state index contributed by atoms with van der Waals surface area (Å²) in [5.41, 5.74) is 1.47. The molecule has 0 aliphatic carbocycles. The molecule has 1 aliphatic heterocycles. The van der Waals surface area contributed by atoms with E-state index >= 15 is 0 Å². The maximum Gasteiger partial charge on any atom is 0.233 e. The summed E-state index contributed by atoms with van der Waals surface area (Å²) in [4.78, 5) is 18.1. The van der Waals surface area contributed by atoms with E-state index in [1.165, 1.54) is 22.3 Å². The predicted molar refractivity (Wildman–Crippen MR) is 77.6 cm³/mol. The quantitative estimate of drug-likeness (QED) is 0.853. The lowest BCUT2D eigenvalue weighted by Gasteiger charge is -2.29. The Bertz CT molecular complexity index is 699. The standard InChI is InChI=1S/C15H14F2N2OS/c1-9-18-12(8-21-9)7-14(20)19-4-2-3-10-5-11(16)6-13(17)15(10)19/h5-6,8H,2-4,7H2,1H3. The number of hydrogen-bond acceptors (Lipinski definition) is 3. The number of benzene rings is 1. The second-order valence-corrected chi connectivity index (χ2v) is 6.14. The Morgan fingerprint density at radius 2 is 2.24 bits per heavy atom. The number of thiazole rings is 1. The summed E-state index contributed by atoms with van der Waals surface area (Å²) >= 11 is 1.48. The number of carbonyl (C=O) groups excluding carboxylic acids is 1. The number of aryl methyl sites for hydroxylation is 2. The van der Waals surface area contributed by atoms with Gasteiger partial charge in [0.15, 0.2) is 0 Å². The van der Waals surface area contributed by atoms with Crippen molar-refractivity contribution in [2.24, 2.45) is 0 Å². The van der Waals surface area contributed by atoms with Gasteiger partial charge >= 0.3 is 0 Å². The molecule has 0 bridgehead atoms. The highest BCUT2D eigenvalue weighted by atomic mass is 32.1. The van der Waals surface area contributed by atoms with Crippen LogP contribution in [0.25, 0.3) is 0 Å². The largest absolute Gasteiger partial charge is 0.309 e. The average molecular weight is 308 g/mol. The number of nitrogens with zero attached hydrogens (tertiary/aromatic N) is 2. The van der Waals surface area contributed by atoms with Gasteiger partial charge in [0.1, 0.15) is 11.6 Å². The van der Waals surface area contributed by atoms with Crippen LogP contribution in [0.5, 0.6) is 0 Å². The van der Waals surface area contributed by atoms with Crippen LogP contribution in [-0.2, 0) is 17.6 Å². The topological polar surface area (TPSA) is 33.2 Å². The van der Waals surface area contributed by atoms with Crippen LogP contribution in [0.2, 0.25) is 0 Å². The maximum atomic E-state index is 14.0. The van der Waals surface area contributed by atoms with Gasteiger partial charge in [0, 0.05) is 18.0 Å². The lowest BCUT2D eigenvalue weighted by Crippen LogP contribution is -2.37. The van der Waals surface area contributed by atoms with Crippen LogP contribution in [0.4, 0.5) is 14.5 Å². The second kappa shape index (κ2) is 5.52. The number of carbonyl (C=O) groups is 1. The zero-order chi connectivity index (χ0) is 15.0. The molecule has 1 amide bonds. The Kier molecular flexibility index (Phi) is 3.71. The van der Waals surface area contributed by atoms with Crippen molar-refractivity contribution in [3.8, 4) is 0 Å². The van der Waals surface area contributed by atoms with Crippen molar-refractivity contribution in [3.05, 3.63) is 45.4 Å². The van der Waals surface area contributed by atoms with Crippen molar-refractivity contribution in [1.29, 1.82) is 0 Å². The van der Waals surface area contributed by atoms with Gasteiger partial charge in [-0.2, -0.15) is 0 Å². The summed E-state index contributed by atoms with van der Waals surface area (Å²) in [7, 11) is 0. The molecule has 6 heteroatoms. The van der Waals surface area contributed by atoms with Crippen LogP contribution in [0.15, 0.2) is 17.5 Å². The third kappa shape index (κ3) is 2.81. The molecule has 2 aromatic rings. The molecule has 0 spiro atoms. The Labute approximate surface area is 125 Å². The van der Waals surface area contributed by atoms with Crippen molar-refractivity contribution in [1.82, 2.24) is 4.98 Å². The van der Waals surface area contributed by atoms with Crippen LogP contribution < -0.4 is 4.90 Å². The van der Waals surface area contributed by atoms with E-state index in [4.69, 9.17) is 0 Å². The van der Waals surface area contributed by atoms with Gasteiger partial charge in [0.25, 0.3) is 0 Å². The van der Waals surface area contributed by atoms with E-state index in [0.717, 1.165) is 11.1 Å². The molecular weight excluding hydrogens is 294 g/mol. The predicted octanol–water partition coefficient (Wildman–Crippen LogP) is 3.25. The number of hydrogen-bond donors (Lipinski definition) is 0. The highest BCUT2D eigenvalue weighted by Crippen LogP contribution is 2.31. The third-order valence-electron chi connectivity index (χ3n) is 3.50. The summed E-state index contributed by atoms with van der Waals surface area (Å²) in [6, 6.07) is 2.14. The number of fused-ring (bicyclic) bond motifs is 1. The summed E-state index contributed by atoms with van der Waals surface area (Å²) in [6.45, 7) is 2.33. The van der Waals surface area contributed by atoms with E-state index in [9.17, 15) is 13.6 Å². The molecule has 110 valence electrons. The lowest BCUT2D eigenvalue weighted by molar-refractivity contribution is -0.118. The smallest absolute Gasteiger partial charge is 0.233 e. The molecule has 0 radical (unpaired) electrons. The van der Waals surface area contributed by atoms with Gasteiger partial charge in [-0.25, -0.2) is 13.8 Å². The molecule has 0 fully saturated rings. The van der Waals surface area contributed by atoms with Crippen molar-refractivity contribution in [3.63, 3.8) is 0 Å². The Morgan fingerprint density at radius 1 is 1.43 bits per heavy atom. The van der Waals surface area contributed by atoms with E-state index < -0.39 is 11.6 Å². The number of aromatic nitrogens is 1. The van der Waals surface area contributed by atoms with Crippen LogP contribution >= 0.6 is 11.3 Å². The average Bonchev–Trinajstić information content (AvgIpc) is 2.83. The Morgan fingerprint density at radius 3 is 2.95 bits per heavy atom. The summed E-state index contributed by atoms with van der Waals surface area (Å²) in [6.07, 6.45) is 1.43. The van der Waals surface area contributed by atoms with E-state index in [0.29, 0.717) is 30.6 Å². The van der Waals surface area contributed by atoms with Gasteiger partial charge in [-0.3, -0.25) is 4.79 Å². The summed E-state index contributed by atoms with van der Waals surface area (Å²) in [5, 5.41) is 2.73. The Balaban J connectivity index is 1.89. The van der Waals surface area contributed by atoms with Crippen molar-refractivity contribution in [2.45, 2.75) is 26.2 Å². The summed E-state index contributed by atoms with van der Waals surface area (Å²) in [5.74, 6) is -1.48. The van der Waals surface area contributed by atoms with Gasteiger partial charge < -0.3 is 4.90 Å². The SMILES string of the molecule is Cc1nc(CC(=O)N2CCCc3cc(F)cc(F)c32)cs1. The van der Waals surface area contributed by atoms with E-state index in [1.807, 2.05) is 12.3 Å². The first-order valence-corrected chi connectivity index (χ1v) is 7.62.